The Balaban J connectivity index is 1.86. The van der Waals surface area contributed by atoms with Gasteiger partial charge in [-0.1, -0.05) is 36.8 Å². The van der Waals surface area contributed by atoms with E-state index in [-0.39, 0.29) is 0 Å². The van der Waals surface area contributed by atoms with Crippen LogP contribution in [0.5, 0.6) is 0 Å². The van der Waals surface area contributed by atoms with Gasteiger partial charge in [0, 0.05) is 12.6 Å². The van der Waals surface area contributed by atoms with Gasteiger partial charge in [0.15, 0.2) is 0 Å². The van der Waals surface area contributed by atoms with Gasteiger partial charge in [-0.05, 0) is 36.5 Å². The second-order valence-electron chi connectivity index (χ2n) is 4.91. The van der Waals surface area contributed by atoms with E-state index in [9.17, 15) is 0 Å². The second kappa shape index (κ2) is 4.81. The first kappa shape index (κ1) is 11.3. The van der Waals surface area contributed by atoms with Gasteiger partial charge >= 0.3 is 0 Å². The molecule has 0 saturated heterocycles. The third-order valence-electron chi connectivity index (χ3n) is 3.79. The molecule has 0 amide bonds. The van der Waals surface area contributed by atoms with Gasteiger partial charge < -0.3 is 5.32 Å². The minimum Gasteiger partial charge on any atom is -0.373 e. The van der Waals surface area contributed by atoms with Gasteiger partial charge in [-0.3, -0.25) is 0 Å². The van der Waals surface area contributed by atoms with E-state index in [1.165, 1.54) is 30.4 Å². The Morgan fingerprint density at radius 2 is 1.83 bits per heavy atom. The minimum atomic E-state index is 0.802. The highest BCUT2D eigenvalue weighted by Gasteiger charge is 2.18. The normalized spacial score (nSPS) is 15.2. The summed E-state index contributed by atoms with van der Waals surface area (Å²) in [5.74, 6) is 1.71. The van der Waals surface area contributed by atoms with Crippen molar-refractivity contribution in [3.8, 4) is 11.3 Å². The molecule has 1 fully saturated rings. The fourth-order valence-corrected chi connectivity index (χ4v) is 2.40. The lowest BCUT2D eigenvalue weighted by Gasteiger charge is -2.25. The predicted molar refractivity (Wildman–Crippen MR) is 75.8 cm³/mol. The van der Waals surface area contributed by atoms with Crippen molar-refractivity contribution in [1.82, 2.24) is 4.98 Å². The fraction of sp³-hybridized carbons (Fsp3) is 0.312. The molecule has 1 aromatic carbocycles. The average molecular weight is 238 g/mol. The number of nitrogens with one attached hydrogen (secondary N) is 1. The van der Waals surface area contributed by atoms with Crippen LogP contribution in [0.4, 0.5) is 5.82 Å². The molecular formula is C16H18N2. The van der Waals surface area contributed by atoms with Gasteiger partial charge in [0.25, 0.3) is 0 Å². The molecule has 1 N–H and O–H groups in total. The number of rotatable bonds is 3. The molecule has 1 saturated carbocycles. The summed E-state index contributed by atoms with van der Waals surface area (Å²) in [6.07, 6.45) is 4.10. The SMILES string of the molecule is CNc1cccc(-c2ccc(C3CCC3)cc2)n1. The molecule has 0 unspecified atom stereocenters. The van der Waals surface area contributed by atoms with E-state index in [2.05, 4.69) is 40.6 Å². The third-order valence-corrected chi connectivity index (χ3v) is 3.79. The van der Waals surface area contributed by atoms with E-state index in [0.717, 1.165) is 17.4 Å². The molecule has 1 aliphatic rings. The van der Waals surface area contributed by atoms with Crippen LogP contribution < -0.4 is 5.32 Å². The van der Waals surface area contributed by atoms with Crippen LogP contribution in [0, 0.1) is 0 Å². The molecule has 1 aromatic heterocycles. The van der Waals surface area contributed by atoms with Gasteiger partial charge in [0.1, 0.15) is 5.82 Å². The average Bonchev–Trinajstić information content (AvgIpc) is 2.38. The standard InChI is InChI=1S/C16H18N2/c1-17-16-7-3-6-15(18-16)14-10-8-13(9-11-14)12-4-2-5-12/h3,6-12H,2,4-5H2,1H3,(H,17,18). The van der Waals surface area contributed by atoms with Crippen molar-refractivity contribution in [2.75, 3.05) is 12.4 Å². The van der Waals surface area contributed by atoms with Crippen molar-refractivity contribution >= 4 is 5.82 Å². The van der Waals surface area contributed by atoms with E-state index in [4.69, 9.17) is 0 Å². The Morgan fingerprint density at radius 1 is 1.06 bits per heavy atom. The third kappa shape index (κ3) is 2.10. The first-order valence-corrected chi connectivity index (χ1v) is 6.62. The Kier molecular flexibility index (Phi) is 3.01. The second-order valence-corrected chi connectivity index (χ2v) is 4.91. The number of anilines is 1. The van der Waals surface area contributed by atoms with Gasteiger partial charge in [0.05, 0.1) is 5.69 Å². The quantitative estimate of drug-likeness (QED) is 0.872. The molecule has 0 atom stereocenters. The summed E-state index contributed by atoms with van der Waals surface area (Å²) >= 11 is 0. The van der Waals surface area contributed by atoms with E-state index in [0.29, 0.717) is 0 Å². The van der Waals surface area contributed by atoms with Crippen molar-refractivity contribution in [2.24, 2.45) is 0 Å². The molecule has 3 rings (SSSR count). The van der Waals surface area contributed by atoms with Crippen molar-refractivity contribution in [2.45, 2.75) is 25.2 Å². The van der Waals surface area contributed by atoms with Gasteiger partial charge in [-0.2, -0.15) is 0 Å². The van der Waals surface area contributed by atoms with Crippen molar-refractivity contribution in [3.63, 3.8) is 0 Å². The van der Waals surface area contributed by atoms with Crippen LogP contribution in [0.2, 0.25) is 0 Å². The highest BCUT2D eigenvalue weighted by atomic mass is 15.0. The smallest absolute Gasteiger partial charge is 0.126 e. The van der Waals surface area contributed by atoms with E-state index < -0.39 is 0 Å². The zero-order chi connectivity index (χ0) is 12.4. The molecule has 2 nitrogen and oxygen atoms in total. The van der Waals surface area contributed by atoms with Crippen LogP contribution >= 0.6 is 0 Å². The molecular weight excluding hydrogens is 220 g/mol. The number of aromatic nitrogens is 1. The van der Waals surface area contributed by atoms with E-state index in [1.54, 1.807) is 0 Å². The molecule has 1 aliphatic carbocycles. The van der Waals surface area contributed by atoms with Gasteiger partial charge in [-0.15, -0.1) is 0 Å². The first-order valence-electron chi connectivity index (χ1n) is 6.62. The molecule has 2 heteroatoms. The summed E-state index contributed by atoms with van der Waals surface area (Å²) in [5.41, 5.74) is 3.70. The van der Waals surface area contributed by atoms with Crippen molar-refractivity contribution in [1.29, 1.82) is 0 Å². The monoisotopic (exact) mass is 238 g/mol. The molecule has 18 heavy (non-hydrogen) atoms. The van der Waals surface area contributed by atoms with Crippen LogP contribution in [-0.2, 0) is 0 Å². The molecule has 0 radical (unpaired) electrons. The lowest BCUT2D eigenvalue weighted by atomic mass is 9.80. The van der Waals surface area contributed by atoms with E-state index in [1.807, 2.05) is 19.2 Å². The van der Waals surface area contributed by atoms with E-state index >= 15 is 0 Å². The summed E-state index contributed by atoms with van der Waals surface area (Å²) in [7, 11) is 1.89. The Bertz CT molecular complexity index is 527. The Morgan fingerprint density at radius 3 is 2.44 bits per heavy atom. The number of pyridine rings is 1. The van der Waals surface area contributed by atoms with Crippen molar-refractivity contribution < 1.29 is 0 Å². The predicted octanol–water partition coefficient (Wildman–Crippen LogP) is 4.06. The summed E-state index contributed by atoms with van der Waals surface area (Å²) in [5, 5.41) is 3.07. The topological polar surface area (TPSA) is 24.9 Å². The van der Waals surface area contributed by atoms with Crippen LogP contribution in [0.15, 0.2) is 42.5 Å². The van der Waals surface area contributed by atoms with Crippen LogP contribution in [0.25, 0.3) is 11.3 Å². The highest BCUT2D eigenvalue weighted by Crippen LogP contribution is 2.36. The minimum absolute atomic E-state index is 0.802. The van der Waals surface area contributed by atoms with Crippen LogP contribution in [0.3, 0.4) is 0 Å². The largest absolute Gasteiger partial charge is 0.373 e. The zero-order valence-electron chi connectivity index (χ0n) is 10.7. The molecule has 92 valence electrons. The summed E-state index contributed by atoms with van der Waals surface area (Å²) in [6, 6.07) is 15.0. The number of hydrogen-bond donors (Lipinski definition) is 1. The zero-order valence-corrected chi connectivity index (χ0v) is 10.7. The summed E-state index contributed by atoms with van der Waals surface area (Å²) in [6.45, 7) is 0. The Hall–Kier alpha value is -1.83. The first-order chi connectivity index (χ1) is 8.86. The molecule has 0 bridgehead atoms. The Labute approximate surface area is 108 Å². The van der Waals surface area contributed by atoms with Crippen LogP contribution in [-0.4, -0.2) is 12.0 Å². The number of hydrogen-bond acceptors (Lipinski definition) is 2. The van der Waals surface area contributed by atoms with Crippen LogP contribution in [0.1, 0.15) is 30.7 Å². The lowest BCUT2D eigenvalue weighted by molar-refractivity contribution is 0.420. The molecule has 0 aliphatic heterocycles. The van der Waals surface area contributed by atoms with Gasteiger partial charge in [0.2, 0.25) is 0 Å². The summed E-state index contributed by atoms with van der Waals surface area (Å²) < 4.78 is 0. The number of benzene rings is 1. The lowest BCUT2D eigenvalue weighted by Crippen LogP contribution is -2.08. The summed E-state index contributed by atoms with van der Waals surface area (Å²) in [4.78, 5) is 4.56. The molecule has 0 spiro atoms. The maximum Gasteiger partial charge on any atom is 0.126 e. The maximum atomic E-state index is 4.56. The maximum absolute atomic E-state index is 4.56. The fourth-order valence-electron chi connectivity index (χ4n) is 2.40. The molecule has 2 aromatic rings. The molecule has 1 heterocycles. The van der Waals surface area contributed by atoms with Crippen molar-refractivity contribution in [3.05, 3.63) is 48.0 Å². The van der Waals surface area contributed by atoms with Gasteiger partial charge in [-0.25, -0.2) is 4.98 Å². The number of nitrogens with zero attached hydrogens (tertiary/aromatic N) is 1. The highest BCUT2D eigenvalue weighted by molar-refractivity contribution is 5.61.